The van der Waals surface area contributed by atoms with Crippen molar-refractivity contribution in [3.05, 3.63) is 26.9 Å². The Hall–Kier alpha value is 0.295. The second-order valence-electron chi connectivity index (χ2n) is 4.60. The minimum absolute atomic E-state index is 0. The van der Waals surface area contributed by atoms with Gasteiger partial charge in [-0.25, -0.2) is 9.18 Å². The maximum atomic E-state index is 13.8. The number of halogens is 1. The van der Waals surface area contributed by atoms with E-state index in [1.165, 1.54) is 6.20 Å². The van der Waals surface area contributed by atoms with Crippen LogP contribution in [0.25, 0.3) is 0 Å². The molecule has 1 N–H and O–H groups in total. The summed E-state index contributed by atoms with van der Waals surface area (Å²) in [7, 11) is -5.20. The number of hydrogen-bond acceptors (Lipinski definition) is 7. The number of H-pyrrole nitrogens is 1. The molecular formula is C10H12FLi2N2O6PS. The average Bonchev–Trinajstić information content (AvgIpc) is 2.72. The van der Waals surface area contributed by atoms with Crippen molar-refractivity contribution in [1.82, 2.24) is 9.55 Å². The summed E-state index contributed by atoms with van der Waals surface area (Å²) < 4.78 is 34.8. The molecule has 0 spiro atoms. The van der Waals surface area contributed by atoms with Crippen LogP contribution < -0.4 is 53.2 Å². The van der Waals surface area contributed by atoms with Gasteiger partial charge in [0.2, 0.25) is 0 Å². The standard InChI is InChI=1S/C10H14FN2O6PS.2Li/c1-5-3-13(10(14)12-9(5)21)8-2-6(11)7(19-8)4-18-20(15,16)17;;/h3,6-8H,2,4H2,1H3,(H,12,14,21)(H2,15,16,17);;/q;2*+1/p-2/t6-,7+,8+;;/m0../s1. The summed E-state index contributed by atoms with van der Waals surface area (Å²) in [4.78, 5) is 35.0. The van der Waals surface area contributed by atoms with E-state index in [2.05, 4.69) is 9.51 Å². The minimum atomic E-state index is -5.20. The predicted octanol–water partition coefficient (Wildman–Crippen LogP) is -6.31. The minimum Gasteiger partial charge on any atom is -0.790 e. The molecule has 13 heteroatoms. The number of aromatic amines is 1. The molecule has 2 heterocycles. The van der Waals surface area contributed by atoms with Crippen LogP contribution in [0.3, 0.4) is 0 Å². The molecule has 0 saturated carbocycles. The molecule has 2 rings (SSSR count). The summed E-state index contributed by atoms with van der Waals surface area (Å²) >= 11 is 4.90. The second-order valence-corrected chi connectivity index (χ2v) is 6.16. The van der Waals surface area contributed by atoms with E-state index in [0.717, 1.165) is 4.57 Å². The molecule has 0 aromatic carbocycles. The van der Waals surface area contributed by atoms with Crippen LogP contribution in [-0.2, 0) is 13.8 Å². The fraction of sp³-hybridized carbons (Fsp3) is 0.600. The molecule has 1 aliphatic rings. The van der Waals surface area contributed by atoms with Crippen LogP contribution in [0.2, 0.25) is 0 Å². The number of phosphoric ester groups is 1. The van der Waals surface area contributed by atoms with Gasteiger partial charge in [0.25, 0.3) is 0 Å². The monoisotopic (exact) mass is 352 g/mol. The first-order valence-electron chi connectivity index (χ1n) is 5.95. The SMILES string of the molecule is Cc1cn([C@H]2C[C@H](F)[C@@H](COP(=O)([O-])[O-])O2)c(=O)[nH]c1=S.[Li+].[Li+]. The molecule has 0 radical (unpaired) electrons. The van der Waals surface area contributed by atoms with Crippen molar-refractivity contribution in [3.8, 4) is 0 Å². The van der Waals surface area contributed by atoms with Crippen LogP contribution in [0, 0.1) is 11.6 Å². The Morgan fingerprint density at radius 2 is 2.17 bits per heavy atom. The molecular weight excluding hydrogens is 340 g/mol. The largest absolute Gasteiger partial charge is 1.00 e. The van der Waals surface area contributed by atoms with E-state index in [1.54, 1.807) is 6.92 Å². The van der Waals surface area contributed by atoms with Crippen LogP contribution in [0.15, 0.2) is 11.0 Å². The summed E-state index contributed by atoms with van der Waals surface area (Å²) in [5.74, 6) is 0. The van der Waals surface area contributed by atoms with Gasteiger partial charge in [-0.05, 0) is 6.92 Å². The van der Waals surface area contributed by atoms with Gasteiger partial charge in [-0.15, -0.1) is 0 Å². The number of alkyl halides is 1. The van der Waals surface area contributed by atoms with Crippen LogP contribution >= 0.6 is 20.0 Å². The van der Waals surface area contributed by atoms with Gasteiger partial charge < -0.3 is 23.6 Å². The van der Waals surface area contributed by atoms with Gasteiger partial charge in [-0.2, -0.15) is 0 Å². The van der Waals surface area contributed by atoms with Crippen LogP contribution in [0.4, 0.5) is 4.39 Å². The Bertz CT molecular complexity index is 695. The van der Waals surface area contributed by atoms with E-state index >= 15 is 0 Å². The maximum absolute atomic E-state index is 13.8. The Labute approximate surface area is 160 Å². The molecule has 1 saturated heterocycles. The number of nitrogens with one attached hydrogen (secondary N) is 1. The van der Waals surface area contributed by atoms with Crippen LogP contribution in [0.1, 0.15) is 18.2 Å². The Balaban J connectivity index is 0.00000242. The smallest absolute Gasteiger partial charge is 0.790 e. The number of aryl methyl sites for hydroxylation is 1. The van der Waals surface area contributed by atoms with E-state index in [0.29, 0.717) is 5.56 Å². The van der Waals surface area contributed by atoms with Crippen molar-refractivity contribution in [3.63, 3.8) is 0 Å². The molecule has 118 valence electrons. The summed E-state index contributed by atoms with van der Waals surface area (Å²) in [6, 6.07) is 0. The number of hydrogen-bond donors (Lipinski definition) is 1. The van der Waals surface area contributed by atoms with E-state index in [-0.39, 0.29) is 48.8 Å². The van der Waals surface area contributed by atoms with Gasteiger partial charge in [-0.1, -0.05) is 12.2 Å². The molecule has 0 amide bonds. The molecule has 1 aromatic heterocycles. The van der Waals surface area contributed by atoms with Crippen molar-refractivity contribution in [2.24, 2.45) is 0 Å². The van der Waals surface area contributed by atoms with Gasteiger partial charge in [0.05, 0.1) is 14.4 Å². The summed E-state index contributed by atoms with van der Waals surface area (Å²) in [5, 5.41) is 0. The molecule has 0 bridgehead atoms. The van der Waals surface area contributed by atoms with E-state index in [9.17, 15) is 23.5 Å². The average molecular weight is 352 g/mol. The molecule has 1 aromatic rings. The summed E-state index contributed by atoms with van der Waals surface area (Å²) in [6.07, 6.45) is -2.46. The number of rotatable bonds is 4. The fourth-order valence-electron chi connectivity index (χ4n) is 1.97. The van der Waals surface area contributed by atoms with Gasteiger partial charge in [0.1, 0.15) is 23.1 Å². The maximum Gasteiger partial charge on any atom is 1.00 e. The molecule has 23 heavy (non-hydrogen) atoms. The third kappa shape index (κ3) is 6.26. The van der Waals surface area contributed by atoms with Crippen molar-refractivity contribution < 1.29 is 65.7 Å². The van der Waals surface area contributed by atoms with Gasteiger partial charge >= 0.3 is 43.4 Å². The van der Waals surface area contributed by atoms with Crippen molar-refractivity contribution in [1.29, 1.82) is 0 Å². The predicted molar refractivity (Wildman–Crippen MR) is 67.6 cm³/mol. The first-order chi connectivity index (χ1) is 9.67. The van der Waals surface area contributed by atoms with E-state index in [4.69, 9.17) is 17.0 Å². The third-order valence-electron chi connectivity index (χ3n) is 3.02. The van der Waals surface area contributed by atoms with Gasteiger partial charge in [-0.3, -0.25) is 9.55 Å². The van der Waals surface area contributed by atoms with Crippen LogP contribution in [-0.4, -0.2) is 28.4 Å². The Kier molecular flexibility index (Phi) is 9.24. The summed E-state index contributed by atoms with van der Waals surface area (Å²) in [6.45, 7) is 0.945. The van der Waals surface area contributed by atoms with E-state index < -0.39 is 38.6 Å². The normalized spacial score (nSPS) is 23.9. The van der Waals surface area contributed by atoms with Gasteiger partial charge in [0.15, 0.2) is 0 Å². The topological polar surface area (TPSA) is 119 Å². The third-order valence-corrected chi connectivity index (χ3v) is 3.90. The first kappa shape index (κ1) is 23.3. The summed E-state index contributed by atoms with van der Waals surface area (Å²) in [5.41, 5.74) is 0.0367. The fourth-order valence-corrected chi connectivity index (χ4v) is 2.44. The molecule has 3 atom stereocenters. The number of nitrogens with zero attached hydrogens (tertiary/aromatic N) is 1. The molecule has 0 unspecified atom stereocenters. The van der Waals surface area contributed by atoms with Crippen molar-refractivity contribution in [2.75, 3.05) is 6.61 Å². The van der Waals surface area contributed by atoms with Crippen molar-refractivity contribution >= 4 is 20.0 Å². The first-order valence-corrected chi connectivity index (χ1v) is 7.82. The molecule has 8 nitrogen and oxygen atoms in total. The zero-order valence-corrected chi connectivity index (χ0v) is 14.6. The van der Waals surface area contributed by atoms with Crippen LogP contribution in [0.5, 0.6) is 0 Å². The van der Waals surface area contributed by atoms with Crippen molar-refractivity contribution in [2.45, 2.75) is 31.8 Å². The Morgan fingerprint density at radius 3 is 2.74 bits per heavy atom. The molecule has 0 aliphatic carbocycles. The quantitative estimate of drug-likeness (QED) is 0.325. The zero-order chi connectivity index (χ0) is 15.8. The van der Waals surface area contributed by atoms with E-state index in [1.807, 2.05) is 0 Å². The molecule has 1 aliphatic heterocycles. The number of aromatic nitrogens is 2. The zero-order valence-electron chi connectivity index (χ0n) is 12.9. The number of phosphoric acid groups is 1. The molecule has 1 fully saturated rings. The number of ether oxygens (including phenoxy) is 1. The second kappa shape index (κ2) is 9.12. The Morgan fingerprint density at radius 1 is 1.57 bits per heavy atom. The van der Waals surface area contributed by atoms with Gasteiger partial charge in [0, 0.05) is 18.2 Å².